The average Bonchev–Trinajstić information content (AvgIpc) is 3.29. The fourth-order valence-electron chi connectivity index (χ4n) is 5.16. The zero-order valence-corrected chi connectivity index (χ0v) is 25.6. The number of aromatic nitrogens is 3. The zero-order valence-electron chi connectivity index (χ0n) is 24.0. The van der Waals surface area contributed by atoms with E-state index < -0.39 is 6.10 Å². The number of methoxy groups -OCH3 is 1. The smallest absolute Gasteiger partial charge is 0.291 e. The SMILES string of the molecule is COc1nc(-c2cccc(-c3cccc(NC(=O)c4nc5c(n4C)CCN(C)C5)c3Cl)c2Cl)ccc1CNC[C@@H](C)O. The molecule has 220 valence electrons. The number of ether oxygens (including phenoxy) is 1. The number of imidazole rings is 1. The van der Waals surface area contributed by atoms with Crippen molar-refractivity contribution in [3.8, 4) is 28.3 Å². The molecule has 0 spiro atoms. The Hall–Kier alpha value is -3.47. The summed E-state index contributed by atoms with van der Waals surface area (Å²) in [6.07, 6.45) is 0.391. The molecule has 3 N–H and O–H groups in total. The Balaban J connectivity index is 1.42. The van der Waals surface area contributed by atoms with Crippen LogP contribution in [0.3, 0.4) is 0 Å². The molecule has 0 saturated carbocycles. The number of benzene rings is 2. The van der Waals surface area contributed by atoms with Gasteiger partial charge >= 0.3 is 0 Å². The average molecular weight is 610 g/mol. The largest absolute Gasteiger partial charge is 0.481 e. The Kier molecular flexibility index (Phi) is 9.15. The van der Waals surface area contributed by atoms with Crippen molar-refractivity contribution in [1.82, 2.24) is 24.8 Å². The minimum absolute atomic E-state index is 0.326. The first-order valence-corrected chi connectivity index (χ1v) is 14.5. The summed E-state index contributed by atoms with van der Waals surface area (Å²) in [6.45, 7) is 4.32. The number of carbonyl (C=O) groups is 1. The van der Waals surface area contributed by atoms with Crippen LogP contribution in [0.4, 0.5) is 5.69 Å². The Bertz CT molecular complexity index is 1620. The number of carbonyl (C=O) groups excluding carboxylic acids is 1. The van der Waals surface area contributed by atoms with Gasteiger partial charge in [0, 0.05) is 67.6 Å². The van der Waals surface area contributed by atoms with Crippen LogP contribution in [-0.4, -0.2) is 63.8 Å². The monoisotopic (exact) mass is 608 g/mol. The van der Waals surface area contributed by atoms with Gasteiger partial charge in [0.05, 0.1) is 40.3 Å². The van der Waals surface area contributed by atoms with Gasteiger partial charge in [-0.1, -0.05) is 59.6 Å². The minimum Gasteiger partial charge on any atom is -0.481 e. The predicted molar refractivity (Wildman–Crippen MR) is 166 cm³/mol. The number of halogens is 2. The highest BCUT2D eigenvalue weighted by Gasteiger charge is 2.25. The summed E-state index contributed by atoms with van der Waals surface area (Å²) >= 11 is 13.8. The van der Waals surface area contributed by atoms with E-state index in [9.17, 15) is 9.90 Å². The van der Waals surface area contributed by atoms with E-state index in [1.165, 1.54) is 0 Å². The van der Waals surface area contributed by atoms with Crippen molar-refractivity contribution >= 4 is 34.8 Å². The molecule has 1 atom stereocenters. The van der Waals surface area contributed by atoms with Crippen LogP contribution in [0.2, 0.25) is 10.0 Å². The lowest BCUT2D eigenvalue weighted by atomic mass is 10.00. The van der Waals surface area contributed by atoms with Gasteiger partial charge in [-0.15, -0.1) is 0 Å². The molecule has 0 unspecified atom stereocenters. The van der Waals surface area contributed by atoms with Gasteiger partial charge in [-0.2, -0.15) is 0 Å². The number of anilines is 1. The van der Waals surface area contributed by atoms with Crippen LogP contribution in [0.1, 0.15) is 34.5 Å². The number of fused-ring (bicyclic) bond motifs is 1. The van der Waals surface area contributed by atoms with Crippen molar-refractivity contribution in [2.75, 3.05) is 32.6 Å². The molecule has 2 aromatic carbocycles. The van der Waals surface area contributed by atoms with Gasteiger partial charge in [0.2, 0.25) is 5.88 Å². The van der Waals surface area contributed by atoms with E-state index in [1.807, 2.05) is 61.1 Å². The van der Waals surface area contributed by atoms with E-state index in [0.29, 0.717) is 69.5 Å². The standard InChI is InChI=1S/C31H34Cl2N6O3/c1-18(40)15-34-16-19-11-12-23(37-31(19)42-4)22-9-5-7-20(27(22)32)21-8-6-10-24(28(21)33)36-30(41)29-35-25-17-38(2)14-13-26(25)39(29)3/h5-12,18,34,40H,13-17H2,1-4H3,(H,36,41)/t18-/m1/s1. The number of likely N-dealkylation sites (N-methyl/N-ethyl adjacent to an activating group) is 1. The third-order valence-electron chi connectivity index (χ3n) is 7.35. The summed E-state index contributed by atoms with van der Waals surface area (Å²) in [5.74, 6) is 0.492. The lowest BCUT2D eigenvalue weighted by molar-refractivity contribution is 0.101. The van der Waals surface area contributed by atoms with Crippen molar-refractivity contribution in [3.05, 3.63) is 81.4 Å². The summed E-state index contributed by atoms with van der Waals surface area (Å²) in [6, 6.07) is 14.9. The Morgan fingerprint density at radius 1 is 1.05 bits per heavy atom. The first kappa shape index (κ1) is 30.0. The highest BCUT2D eigenvalue weighted by molar-refractivity contribution is 6.39. The first-order chi connectivity index (χ1) is 20.2. The molecule has 2 aromatic heterocycles. The van der Waals surface area contributed by atoms with Gasteiger partial charge in [-0.25, -0.2) is 9.97 Å². The highest BCUT2D eigenvalue weighted by Crippen LogP contribution is 2.41. The number of aliphatic hydroxyl groups excluding tert-OH is 1. The van der Waals surface area contributed by atoms with Crippen molar-refractivity contribution in [1.29, 1.82) is 0 Å². The topological polar surface area (TPSA) is 105 Å². The molecule has 0 fully saturated rings. The number of pyridine rings is 1. The molecule has 0 saturated heterocycles. The van der Waals surface area contributed by atoms with Gasteiger partial charge in [-0.3, -0.25) is 4.79 Å². The van der Waals surface area contributed by atoms with Crippen LogP contribution in [0, 0.1) is 0 Å². The van der Waals surface area contributed by atoms with E-state index in [2.05, 4.69) is 20.5 Å². The molecule has 3 heterocycles. The van der Waals surface area contributed by atoms with E-state index in [1.54, 1.807) is 20.1 Å². The van der Waals surface area contributed by atoms with E-state index >= 15 is 0 Å². The number of nitrogens with zero attached hydrogens (tertiary/aromatic N) is 4. The molecule has 11 heteroatoms. The molecule has 42 heavy (non-hydrogen) atoms. The Morgan fingerprint density at radius 2 is 1.76 bits per heavy atom. The summed E-state index contributed by atoms with van der Waals surface area (Å²) in [5, 5.41) is 16.5. The van der Waals surface area contributed by atoms with Crippen LogP contribution < -0.4 is 15.4 Å². The molecule has 0 aliphatic carbocycles. The van der Waals surface area contributed by atoms with Gasteiger partial charge < -0.3 is 29.9 Å². The molecule has 4 aromatic rings. The molecule has 5 rings (SSSR count). The van der Waals surface area contributed by atoms with Crippen molar-refractivity contribution in [2.24, 2.45) is 7.05 Å². The van der Waals surface area contributed by atoms with E-state index in [-0.39, 0.29) is 5.91 Å². The molecular weight excluding hydrogens is 575 g/mol. The number of aliphatic hydroxyl groups is 1. The Morgan fingerprint density at radius 3 is 2.50 bits per heavy atom. The maximum atomic E-state index is 13.3. The van der Waals surface area contributed by atoms with Crippen LogP contribution in [-0.2, 0) is 26.6 Å². The second-order valence-electron chi connectivity index (χ2n) is 10.5. The zero-order chi connectivity index (χ0) is 30.0. The maximum Gasteiger partial charge on any atom is 0.291 e. The first-order valence-electron chi connectivity index (χ1n) is 13.7. The second kappa shape index (κ2) is 12.8. The van der Waals surface area contributed by atoms with Gasteiger partial charge in [-0.05, 0) is 26.1 Å². The molecule has 0 bridgehead atoms. The highest BCUT2D eigenvalue weighted by atomic mass is 35.5. The molecule has 1 aliphatic heterocycles. The summed E-state index contributed by atoms with van der Waals surface area (Å²) in [5.41, 5.74) is 6.06. The van der Waals surface area contributed by atoms with Crippen LogP contribution in [0.25, 0.3) is 22.4 Å². The number of hydrogen-bond acceptors (Lipinski definition) is 7. The second-order valence-corrected chi connectivity index (χ2v) is 11.3. The predicted octanol–water partition coefficient (Wildman–Crippen LogP) is 5.18. The van der Waals surface area contributed by atoms with Crippen molar-refractivity contribution < 1.29 is 14.6 Å². The molecule has 1 aliphatic rings. The van der Waals surface area contributed by atoms with Crippen molar-refractivity contribution in [3.63, 3.8) is 0 Å². The number of amides is 1. The van der Waals surface area contributed by atoms with Gasteiger partial charge in [0.1, 0.15) is 0 Å². The van der Waals surface area contributed by atoms with Crippen LogP contribution in [0.15, 0.2) is 48.5 Å². The fourth-order valence-corrected chi connectivity index (χ4v) is 5.76. The van der Waals surface area contributed by atoms with Gasteiger partial charge in [0.25, 0.3) is 5.91 Å². The molecule has 1 amide bonds. The summed E-state index contributed by atoms with van der Waals surface area (Å²) in [7, 11) is 5.49. The molecule has 0 radical (unpaired) electrons. The number of rotatable bonds is 9. The quantitative estimate of drug-likeness (QED) is 0.241. The molecular formula is C31H34Cl2N6O3. The molecule has 9 nitrogen and oxygen atoms in total. The third kappa shape index (κ3) is 6.16. The maximum absolute atomic E-state index is 13.3. The normalized spacial score (nSPS) is 14.0. The lowest BCUT2D eigenvalue weighted by Gasteiger charge is -2.21. The van der Waals surface area contributed by atoms with Gasteiger partial charge in [0.15, 0.2) is 5.82 Å². The third-order valence-corrected chi connectivity index (χ3v) is 8.16. The number of nitrogens with one attached hydrogen (secondary N) is 2. The van der Waals surface area contributed by atoms with Crippen LogP contribution >= 0.6 is 23.2 Å². The minimum atomic E-state index is -0.453. The summed E-state index contributed by atoms with van der Waals surface area (Å²) in [4.78, 5) is 24.8. The fraction of sp³-hybridized carbons (Fsp3) is 0.323. The lowest BCUT2D eigenvalue weighted by Crippen LogP contribution is -2.27. The van der Waals surface area contributed by atoms with Crippen LogP contribution in [0.5, 0.6) is 5.88 Å². The van der Waals surface area contributed by atoms with E-state index in [0.717, 1.165) is 29.9 Å². The van der Waals surface area contributed by atoms with E-state index in [4.69, 9.17) is 32.9 Å². The Labute approximate surface area is 255 Å². The summed E-state index contributed by atoms with van der Waals surface area (Å²) < 4.78 is 7.41. The van der Waals surface area contributed by atoms with Crippen molar-refractivity contribution in [2.45, 2.75) is 32.5 Å². The number of hydrogen-bond donors (Lipinski definition) is 3.